The first-order valence-corrected chi connectivity index (χ1v) is 9.90. The van der Waals surface area contributed by atoms with Crippen LogP contribution in [-0.2, 0) is 7.05 Å². The second-order valence-corrected chi connectivity index (χ2v) is 7.57. The molecule has 6 heteroatoms. The van der Waals surface area contributed by atoms with Crippen LogP contribution < -0.4 is 0 Å². The van der Waals surface area contributed by atoms with Crippen molar-refractivity contribution in [3.63, 3.8) is 0 Å². The van der Waals surface area contributed by atoms with Crippen molar-refractivity contribution in [1.82, 2.24) is 19.8 Å². The summed E-state index contributed by atoms with van der Waals surface area (Å²) in [7, 11) is 1.90. The zero-order valence-electron chi connectivity index (χ0n) is 16.4. The van der Waals surface area contributed by atoms with Gasteiger partial charge in [-0.3, -0.25) is 9.48 Å². The Morgan fingerprint density at radius 2 is 2.00 bits per heavy atom. The predicted molar refractivity (Wildman–Crippen MR) is 111 cm³/mol. The Bertz CT molecular complexity index is 1180. The molecule has 1 aliphatic rings. The molecule has 0 spiro atoms. The highest BCUT2D eigenvalue weighted by Gasteiger charge is 2.42. The van der Waals surface area contributed by atoms with Crippen molar-refractivity contribution in [2.45, 2.75) is 25.3 Å². The highest BCUT2D eigenvalue weighted by molar-refractivity contribution is 5.94. The third-order valence-electron chi connectivity index (χ3n) is 5.93. The molecule has 2 aromatic carbocycles. The summed E-state index contributed by atoms with van der Waals surface area (Å²) in [6, 6.07) is 18.3. The molecular weight excluding hydrogens is 364 g/mol. The Kier molecular flexibility index (Phi) is 4.19. The molecule has 0 saturated carbocycles. The minimum Gasteiger partial charge on any atom is -0.355 e. The van der Waals surface area contributed by atoms with Crippen LogP contribution in [0.15, 0.2) is 65.3 Å². The van der Waals surface area contributed by atoms with Crippen LogP contribution in [0.2, 0.25) is 0 Å². The van der Waals surface area contributed by atoms with Gasteiger partial charge in [0, 0.05) is 42.6 Å². The zero-order valence-corrected chi connectivity index (χ0v) is 16.4. The molecule has 2 atom stereocenters. The first-order chi connectivity index (χ1) is 14.2. The van der Waals surface area contributed by atoms with Crippen molar-refractivity contribution in [2.24, 2.45) is 7.05 Å². The maximum Gasteiger partial charge on any atom is 0.276 e. The number of fused-ring (bicyclic) bond motifs is 1. The van der Waals surface area contributed by atoms with Gasteiger partial charge in [-0.2, -0.15) is 5.10 Å². The minimum absolute atomic E-state index is 0.0688. The van der Waals surface area contributed by atoms with Crippen molar-refractivity contribution in [2.75, 3.05) is 6.54 Å². The smallest absolute Gasteiger partial charge is 0.276 e. The fraction of sp³-hybridized carbons (Fsp3) is 0.261. The SMILES string of the molecule is CCC1C(c2ccccc2)CN1C(=O)c1cc(-c2ccc3cnn(C)c3c2)on1. The first kappa shape index (κ1) is 17.7. The molecule has 0 N–H and O–H groups in total. The molecule has 146 valence electrons. The molecule has 1 saturated heterocycles. The van der Waals surface area contributed by atoms with Gasteiger partial charge in [0.25, 0.3) is 5.91 Å². The van der Waals surface area contributed by atoms with E-state index in [-0.39, 0.29) is 11.9 Å². The molecule has 0 aliphatic carbocycles. The van der Waals surface area contributed by atoms with E-state index in [0.29, 0.717) is 23.9 Å². The van der Waals surface area contributed by atoms with E-state index in [1.807, 2.05) is 47.1 Å². The molecular formula is C23H22N4O2. The van der Waals surface area contributed by atoms with Gasteiger partial charge in [-0.15, -0.1) is 0 Å². The molecule has 1 fully saturated rings. The van der Waals surface area contributed by atoms with Gasteiger partial charge >= 0.3 is 0 Å². The maximum atomic E-state index is 13.0. The summed E-state index contributed by atoms with van der Waals surface area (Å²) >= 11 is 0. The lowest BCUT2D eigenvalue weighted by molar-refractivity contribution is 0.0338. The lowest BCUT2D eigenvalue weighted by Gasteiger charge is -2.48. The topological polar surface area (TPSA) is 64.2 Å². The Morgan fingerprint density at radius 1 is 1.17 bits per heavy atom. The van der Waals surface area contributed by atoms with E-state index in [1.165, 1.54) is 5.56 Å². The van der Waals surface area contributed by atoms with Crippen molar-refractivity contribution >= 4 is 16.8 Å². The molecule has 29 heavy (non-hydrogen) atoms. The number of aryl methyl sites for hydroxylation is 1. The minimum atomic E-state index is -0.0688. The quantitative estimate of drug-likeness (QED) is 0.526. The molecule has 0 bridgehead atoms. The van der Waals surface area contributed by atoms with Crippen LogP contribution >= 0.6 is 0 Å². The number of carbonyl (C=O) groups excluding carboxylic acids is 1. The molecule has 5 rings (SSSR count). The summed E-state index contributed by atoms with van der Waals surface area (Å²) in [6.07, 6.45) is 2.74. The largest absolute Gasteiger partial charge is 0.355 e. The van der Waals surface area contributed by atoms with Crippen LogP contribution in [0.1, 0.15) is 35.3 Å². The van der Waals surface area contributed by atoms with Gasteiger partial charge in [-0.1, -0.05) is 54.5 Å². The second kappa shape index (κ2) is 6.88. The molecule has 2 aromatic heterocycles. The molecule has 1 amide bonds. The lowest BCUT2D eigenvalue weighted by Crippen LogP contribution is -2.56. The number of hydrogen-bond acceptors (Lipinski definition) is 4. The Balaban J connectivity index is 1.37. The summed E-state index contributed by atoms with van der Waals surface area (Å²) in [5, 5.41) is 9.39. The van der Waals surface area contributed by atoms with Crippen LogP contribution in [0.25, 0.3) is 22.2 Å². The van der Waals surface area contributed by atoms with Gasteiger partial charge in [0.1, 0.15) is 0 Å². The average Bonchev–Trinajstić information content (AvgIpc) is 3.36. The normalized spacial score (nSPS) is 18.8. The van der Waals surface area contributed by atoms with E-state index < -0.39 is 0 Å². The highest BCUT2D eigenvalue weighted by Crippen LogP contribution is 2.37. The number of amides is 1. The van der Waals surface area contributed by atoms with Crippen molar-refractivity contribution < 1.29 is 9.32 Å². The van der Waals surface area contributed by atoms with E-state index in [0.717, 1.165) is 22.9 Å². The number of likely N-dealkylation sites (tertiary alicyclic amines) is 1. The molecule has 3 heterocycles. The molecule has 1 aliphatic heterocycles. The Hall–Kier alpha value is -3.41. The van der Waals surface area contributed by atoms with E-state index in [4.69, 9.17) is 4.52 Å². The van der Waals surface area contributed by atoms with Gasteiger partial charge in [-0.25, -0.2) is 0 Å². The van der Waals surface area contributed by atoms with Crippen LogP contribution in [0, 0.1) is 0 Å². The van der Waals surface area contributed by atoms with Gasteiger partial charge in [-0.05, 0) is 18.1 Å². The van der Waals surface area contributed by atoms with Crippen molar-refractivity contribution in [3.05, 3.63) is 72.1 Å². The Morgan fingerprint density at radius 3 is 2.79 bits per heavy atom. The number of carbonyl (C=O) groups is 1. The van der Waals surface area contributed by atoms with Gasteiger partial charge in [0.15, 0.2) is 11.5 Å². The summed E-state index contributed by atoms with van der Waals surface area (Å²) in [5.74, 6) is 0.897. The summed E-state index contributed by atoms with van der Waals surface area (Å²) in [6.45, 7) is 2.84. The standard InChI is InChI=1S/C23H22N4O2/c1-3-20-18(15-7-5-4-6-8-15)14-27(20)23(28)19-12-22(29-25-19)16-9-10-17-13-24-26(2)21(17)11-16/h4-13,18,20H,3,14H2,1-2H3. The molecule has 2 unspecified atom stereocenters. The van der Waals surface area contributed by atoms with Crippen LogP contribution in [-0.4, -0.2) is 38.3 Å². The third kappa shape index (κ3) is 2.92. The average molecular weight is 386 g/mol. The van der Waals surface area contributed by atoms with Crippen molar-refractivity contribution in [1.29, 1.82) is 0 Å². The summed E-state index contributed by atoms with van der Waals surface area (Å²) in [4.78, 5) is 14.9. The number of aromatic nitrogens is 3. The lowest BCUT2D eigenvalue weighted by atomic mass is 9.81. The molecule has 4 aromatic rings. The monoisotopic (exact) mass is 386 g/mol. The maximum absolute atomic E-state index is 13.0. The Labute approximate surface area is 168 Å². The first-order valence-electron chi connectivity index (χ1n) is 9.90. The van der Waals surface area contributed by atoms with Gasteiger partial charge in [0.2, 0.25) is 0 Å². The fourth-order valence-electron chi connectivity index (χ4n) is 4.27. The second-order valence-electron chi connectivity index (χ2n) is 7.57. The van der Waals surface area contributed by atoms with Crippen LogP contribution in [0.4, 0.5) is 0 Å². The molecule has 0 radical (unpaired) electrons. The van der Waals surface area contributed by atoms with Crippen LogP contribution in [0.5, 0.6) is 0 Å². The number of benzene rings is 2. The van der Waals surface area contributed by atoms with Crippen molar-refractivity contribution in [3.8, 4) is 11.3 Å². The molecule has 6 nitrogen and oxygen atoms in total. The summed E-state index contributed by atoms with van der Waals surface area (Å²) < 4.78 is 7.33. The zero-order chi connectivity index (χ0) is 20.0. The predicted octanol–water partition coefficient (Wildman–Crippen LogP) is 4.25. The van der Waals surface area contributed by atoms with Gasteiger partial charge < -0.3 is 9.42 Å². The van der Waals surface area contributed by atoms with E-state index in [1.54, 1.807) is 6.07 Å². The summed E-state index contributed by atoms with van der Waals surface area (Å²) in [5.41, 5.74) is 3.53. The third-order valence-corrected chi connectivity index (χ3v) is 5.93. The van der Waals surface area contributed by atoms with Crippen LogP contribution in [0.3, 0.4) is 0 Å². The van der Waals surface area contributed by atoms with E-state index >= 15 is 0 Å². The van der Waals surface area contributed by atoms with E-state index in [9.17, 15) is 4.79 Å². The number of rotatable bonds is 4. The van der Waals surface area contributed by atoms with E-state index in [2.05, 4.69) is 41.4 Å². The van der Waals surface area contributed by atoms with Gasteiger partial charge in [0.05, 0.1) is 11.7 Å². The number of hydrogen-bond donors (Lipinski definition) is 0. The number of nitrogens with zero attached hydrogens (tertiary/aromatic N) is 4. The highest BCUT2D eigenvalue weighted by atomic mass is 16.5. The fourth-order valence-corrected chi connectivity index (χ4v) is 4.27.